The zero-order valence-corrected chi connectivity index (χ0v) is 12.6. The van der Waals surface area contributed by atoms with Gasteiger partial charge in [0, 0.05) is 21.9 Å². The predicted octanol–water partition coefficient (Wildman–Crippen LogP) is 3.73. The molecule has 1 heterocycles. The number of thiazole rings is 1. The molecule has 0 spiro atoms. The van der Waals surface area contributed by atoms with Crippen molar-refractivity contribution in [2.24, 2.45) is 0 Å². The van der Waals surface area contributed by atoms with Crippen molar-refractivity contribution in [1.29, 1.82) is 0 Å². The Labute approximate surface area is 129 Å². The van der Waals surface area contributed by atoms with Crippen LogP contribution in [0.1, 0.15) is 0 Å². The molecule has 1 aromatic heterocycles. The molecule has 0 atom stereocenters. The van der Waals surface area contributed by atoms with Crippen LogP contribution in [-0.4, -0.2) is 21.8 Å². The fourth-order valence-corrected chi connectivity index (χ4v) is 3.37. The maximum Gasteiger partial charge on any atom is 0.236 e. The van der Waals surface area contributed by atoms with Crippen LogP contribution >= 0.6 is 23.1 Å². The number of nitrogens with zero attached hydrogens (tertiary/aromatic N) is 1. The third-order valence-corrected chi connectivity index (χ3v) is 4.66. The van der Waals surface area contributed by atoms with Gasteiger partial charge in [-0.1, -0.05) is 24.3 Å². The van der Waals surface area contributed by atoms with Gasteiger partial charge >= 0.3 is 0 Å². The number of fused-ring (bicyclic) bond motifs is 1. The summed E-state index contributed by atoms with van der Waals surface area (Å²) in [7, 11) is 0. The molecule has 0 aliphatic heterocycles. The SMILES string of the molecule is O=C(CSc1ccc(O)c2ccccc12)Nc1nccs1. The molecule has 0 saturated heterocycles. The Morgan fingerprint density at radius 3 is 2.81 bits per heavy atom. The van der Waals surface area contributed by atoms with Crippen LogP contribution in [0, 0.1) is 0 Å². The number of hydrogen-bond acceptors (Lipinski definition) is 5. The average Bonchev–Trinajstić information content (AvgIpc) is 3.00. The highest BCUT2D eigenvalue weighted by atomic mass is 32.2. The summed E-state index contributed by atoms with van der Waals surface area (Å²) in [5, 5.41) is 16.8. The van der Waals surface area contributed by atoms with E-state index in [2.05, 4.69) is 10.3 Å². The number of anilines is 1. The third kappa shape index (κ3) is 3.17. The summed E-state index contributed by atoms with van der Waals surface area (Å²) in [6, 6.07) is 11.1. The lowest BCUT2D eigenvalue weighted by atomic mass is 10.1. The number of aromatic hydroxyl groups is 1. The van der Waals surface area contributed by atoms with E-state index in [1.54, 1.807) is 12.3 Å². The molecule has 4 nitrogen and oxygen atoms in total. The van der Waals surface area contributed by atoms with E-state index in [1.807, 2.05) is 35.7 Å². The second kappa shape index (κ2) is 6.15. The van der Waals surface area contributed by atoms with Crippen LogP contribution in [-0.2, 0) is 4.79 Å². The fourth-order valence-electron chi connectivity index (χ4n) is 1.97. The van der Waals surface area contributed by atoms with Crippen LogP contribution in [0.2, 0.25) is 0 Å². The molecule has 2 N–H and O–H groups in total. The van der Waals surface area contributed by atoms with Gasteiger partial charge in [0.1, 0.15) is 5.75 Å². The summed E-state index contributed by atoms with van der Waals surface area (Å²) in [4.78, 5) is 16.9. The summed E-state index contributed by atoms with van der Waals surface area (Å²) < 4.78 is 0. The van der Waals surface area contributed by atoms with Crippen LogP contribution in [0.4, 0.5) is 5.13 Å². The maximum atomic E-state index is 11.9. The van der Waals surface area contributed by atoms with Gasteiger partial charge in [0.2, 0.25) is 5.91 Å². The number of benzene rings is 2. The first-order valence-corrected chi connectivity index (χ1v) is 8.13. The number of aromatic nitrogens is 1. The summed E-state index contributed by atoms with van der Waals surface area (Å²) >= 11 is 2.83. The molecule has 0 unspecified atom stereocenters. The highest BCUT2D eigenvalue weighted by molar-refractivity contribution is 8.00. The second-order valence-electron chi connectivity index (χ2n) is 4.30. The van der Waals surface area contributed by atoms with E-state index in [9.17, 15) is 9.90 Å². The van der Waals surface area contributed by atoms with Gasteiger partial charge in [0.25, 0.3) is 0 Å². The summed E-state index contributed by atoms with van der Waals surface area (Å²) in [6.45, 7) is 0. The van der Waals surface area contributed by atoms with Crippen molar-refractivity contribution < 1.29 is 9.90 Å². The van der Waals surface area contributed by atoms with Crippen molar-refractivity contribution in [3.63, 3.8) is 0 Å². The summed E-state index contributed by atoms with van der Waals surface area (Å²) in [5.41, 5.74) is 0. The molecule has 2 aromatic carbocycles. The van der Waals surface area contributed by atoms with Crippen molar-refractivity contribution in [3.05, 3.63) is 48.0 Å². The Kier molecular flexibility index (Phi) is 4.08. The number of hydrogen-bond donors (Lipinski definition) is 2. The van der Waals surface area contributed by atoms with E-state index < -0.39 is 0 Å². The monoisotopic (exact) mass is 316 g/mol. The van der Waals surface area contributed by atoms with Crippen LogP contribution in [0.5, 0.6) is 5.75 Å². The van der Waals surface area contributed by atoms with Crippen molar-refractivity contribution in [1.82, 2.24) is 4.98 Å². The molecule has 1 amide bonds. The number of rotatable bonds is 4. The lowest BCUT2D eigenvalue weighted by Gasteiger charge is -2.07. The Balaban J connectivity index is 1.73. The molecule has 0 aliphatic carbocycles. The number of phenolic OH excluding ortho intramolecular Hbond substituents is 1. The Morgan fingerprint density at radius 2 is 2.05 bits per heavy atom. The van der Waals surface area contributed by atoms with Gasteiger partial charge < -0.3 is 10.4 Å². The molecular weight excluding hydrogens is 304 g/mol. The van der Waals surface area contributed by atoms with Gasteiger partial charge in [-0.05, 0) is 17.5 Å². The van der Waals surface area contributed by atoms with Gasteiger partial charge in [0.15, 0.2) is 5.13 Å². The Morgan fingerprint density at radius 1 is 1.24 bits per heavy atom. The molecule has 3 aromatic rings. The normalized spacial score (nSPS) is 10.7. The van der Waals surface area contributed by atoms with Gasteiger partial charge in [0.05, 0.1) is 5.75 Å². The Hall–Kier alpha value is -2.05. The topological polar surface area (TPSA) is 62.2 Å². The van der Waals surface area contributed by atoms with E-state index in [1.165, 1.54) is 23.1 Å². The zero-order chi connectivity index (χ0) is 14.7. The number of carbonyl (C=O) groups is 1. The lowest BCUT2D eigenvalue weighted by Crippen LogP contribution is -2.13. The van der Waals surface area contributed by atoms with E-state index in [4.69, 9.17) is 0 Å². The number of amides is 1. The van der Waals surface area contributed by atoms with Crippen LogP contribution < -0.4 is 5.32 Å². The van der Waals surface area contributed by atoms with Gasteiger partial charge in [-0.25, -0.2) is 4.98 Å². The molecule has 0 saturated carbocycles. The molecule has 0 fully saturated rings. The first-order chi connectivity index (χ1) is 10.2. The van der Waals surface area contributed by atoms with Crippen LogP contribution in [0.3, 0.4) is 0 Å². The summed E-state index contributed by atoms with van der Waals surface area (Å²) in [5.74, 6) is 0.461. The van der Waals surface area contributed by atoms with Crippen molar-refractivity contribution in [2.45, 2.75) is 4.90 Å². The van der Waals surface area contributed by atoms with Crippen molar-refractivity contribution in [2.75, 3.05) is 11.1 Å². The maximum absolute atomic E-state index is 11.9. The fraction of sp³-hybridized carbons (Fsp3) is 0.0667. The molecule has 6 heteroatoms. The number of carbonyl (C=O) groups excluding carboxylic acids is 1. The highest BCUT2D eigenvalue weighted by Crippen LogP contribution is 2.33. The number of thioether (sulfide) groups is 1. The molecular formula is C15H12N2O2S2. The lowest BCUT2D eigenvalue weighted by molar-refractivity contribution is -0.113. The zero-order valence-electron chi connectivity index (χ0n) is 10.9. The number of phenols is 1. The standard InChI is InChI=1S/C15H12N2O2S2/c18-12-5-6-13(11-4-2-1-3-10(11)12)21-9-14(19)17-15-16-7-8-20-15/h1-8,18H,9H2,(H,16,17,19). The molecule has 3 rings (SSSR count). The smallest absolute Gasteiger partial charge is 0.236 e. The van der Waals surface area contributed by atoms with Gasteiger partial charge in [-0.15, -0.1) is 23.1 Å². The quantitative estimate of drug-likeness (QED) is 0.720. The predicted molar refractivity (Wildman–Crippen MR) is 87.1 cm³/mol. The van der Waals surface area contributed by atoms with E-state index >= 15 is 0 Å². The van der Waals surface area contributed by atoms with E-state index in [0.717, 1.165) is 15.7 Å². The minimum absolute atomic E-state index is 0.0906. The minimum Gasteiger partial charge on any atom is -0.507 e. The van der Waals surface area contributed by atoms with E-state index in [0.29, 0.717) is 10.9 Å². The van der Waals surface area contributed by atoms with Crippen LogP contribution in [0.15, 0.2) is 52.9 Å². The highest BCUT2D eigenvalue weighted by Gasteiger charge is 2.09. The molecule has 0 radical (unpaired) electrons. The molecule has 106 valence electrons. The third-order valence-electron chi connectivity index (χ3n) is 2.90. The van der Waals surface area contributed by atoms with Crippen molar-refractivity contribution in [3.8, 4) is 5.75 Å². The largest absolute Gasteiger partial charge is 0.507 e. The average molecular weight is 316 g/mol. The first kappa shape index (κ1) is 13.9. The van der Waals surface area contributed by atoms with Gasteiger partial charge in [-0.2, -0.15) is 0 Å². The van der Waals surface area contributed by atoms with Gasteiger partial charge in [-0.3, -0.25) is 4.79 Å². The molecule has 21 heavy (non-hydrogen) atoms. The van der Waals surface area contributed by atoms with Crippen molar-refractivity contribution >= 4 is 44.9 Å². The Bertz CT molecular complexity index is 772. The van der Waals surface area contributed by atoms with E-state index in [-0.39, 0.29) is 11.7 Å². The minimum atomic E-state index is -0.0906. The van der Waals surface area contributed by atoms with Crippen LogP contribution in [0.25, 0.3) is 10.8 Å². The molecule has 0 aliphatic rings. The molecule has 0 bridgehead atoms. The number of nitrogens with one attached hydrogen (secondary N) is 1. The second-order valence-corrected chi connectivity index (χ2v) is 6.21. The summed E-state index contributed by atoms with van der Waals surface area (Å²) in [6.07, 6.45) is 1.65. The first-order valence-electron chi connectivity index (χ1n) is 6.27.